The molecule has 6 fully saturated rings. The summed E-state index contributed by atoms with van der Waals surface area (Å²) >= 11 is 0. The molecule has 1 N–H and O–H groups in total. The van der Waals surface area contributed by atoms with Gasteiger partial charge in [-0.2, -0.15) is 0 Å². The summed E-state index contributed by atoms with van der Waals surface area (Å²) in [6.45, 7) is 6.70. The Bertz CT molecular complexity index is 1060. The summed E-state index contributed by atoms with van der Waals surface area (Å²) in [6.07, 6.45) is 1.28. The zero-order chi connectivity index (χ0) is 23.8. The smallest absolute Gasteiger partial charge is 0.334 e. The van der Waals surface area contributed by atoms with Crippen molar-refractivity contribution in [3.63, 3.8) is 0 Å². The topological polar surface area (TPSA) is 124 Å². The van der Waals surface area contributed by atoms with Gasteiger partial charge in [0.25, 0.3) is 0 Å². The molecule has 34 heavy (non-hydrogen) atoms. The van der Waals surface area contributed by atoms with E-state index >= 15 is 0 Å². The highest BCUT2D eigenvalue weighted by Gasteiger charge is 2.98. The Labute approximate surface area is 197 Å². The molecule has 9 heteroatoms. The van der Waals surface area contributed by atoms with E-state index in [0.29, 0.717) is 19.4 Å². The average molecular weight is 475 g/mol. The number of fused-ring (bicyclic) bond motifs is 2. The fraction of sp³-hybridized carbons (Fsp3) is 0.800. The summed E-state index contributed by atoms with van der Waals surface area (Å²) in [7, 11) is 0. The van der Waals surface area contributed by atoms with Crippen LogP contribution in [0.5, 0.6) is 0 Å². The first kappa shape index (κ1) is 21.3. The van der Waals surface area contributed by atoms with Gasteiger partial charge in [-0.05, 0) is 30.8 Å². The molecule has 5 heterocycles. The summed E-state index contributed by atoms with van der Waals surface area (Å²) < 4.78 is 31.3. The van der Waals surface area contributed by atoms with Crippen molar-refractivity contribution in [1.29, 1.82) is 0 Å². The van der Waals surface area contributed by atoms with Gasteiger partial charge in [0.05, 0.1) is 6.10 Å². The largest absolute Gasteiger partial charge is 0.481 e. The molecule has 184 valence electrons. The fourth-order valence-corrected chi connectivity index (χ4v) is 8.63. The lowest BCUT2D eigenvalue weighted by Crippen LogP contribution is -2.84. The van der Waals surface area contributed by atoms with E-state index in [1.807, 2.05) is 0 Å². The van der Waals surface area contributed by atoms with Crippen LogP contribution >= 0.6 is 0 Å². The maximum Gasteiger partial charge on any atom is 0.334 e. The van der Waals surface area contributed by atoms with Crippen LogP contribution in [-0.4, -0.2) is 70.8 Å². The third-order valence-corrected chi connectivity index (χ3v) is 10.1. The van der Waals surface area contributed by atoms with Gasteiger partial charge in [-0.25, -0.2) is 4.79 Å². The van der Waals surface area contributed by atoms with Gasteiger partial charge in [0.1, 0.15) is 35.6 Å². The first-order valence-electron chi connectivity index (χ1n) is 12.5. The summed E-state index contributed by atoms with van der Waals surface area (Å²) in [5.41, 5.74) is -0.526. The Morgan fingerprint density at radius 1 is 1.18 bits per heavy atom. The number of hydrogen-bond acceptors (Lipinski definition) is 8. The number of rotatable bonds is 6. The molecule has 2 saturated carbocycles. The number of carbonyl (C=O) groups is 3. The summed E-state index contributed by atoms with van der Waals surface area (Å²) in [6, 6.07) is 0. The van der Waals surface area contributed by atoms with E-state index in [0.717, 1.165) is 17.6 Å². The monoisotopic (exact) mass is 474 g/mol. The van der Waals surface area contributed by atoms with Crippen molar-refractivity contribution in [3.05, 3.63) is 11.1 Å². The van der Waals surface area contributed by atoms with E-state index in [9.17, 15) is 14.4 Å². The molecule has 1 unspecified atom stereocenters. The number of aliphatic carboxylic acids is 1. The third-order valence-electron chi connectivity index (χ3n) is 10.1. The third kappa shape index (κ3) is 2.13. The van der Waals surface area contributed by atoms with E-state index < -0.39 is 34.8 Å². The van der Waals surface area contributed by atoms with Gasteiger partial charge in [-0.1, -0.05) is 20.8 Å². The van der Waals surface area contributed by atoms with Gasteiger partial charge in [0.2, 0.25) is 0 Å². The van der Waals surface area contributed by atoms with Gasteiger partial charge in [-0.3, -0.25) is 9.59 Å². The predicted molar refractivity (Wildman–Crippen MR) is 112 cm³/mol. The zero-order valence-corrected chi connectivity index (χ0v) is 19.6. The lowest BCUT2D eigenvalue weighted by Gasteiger charge is -2.70. The van der Waals surface area contributed by atoms with E-state index in [-0.39, 0.29) is 60.8 Å². The van der Waals surface area contributed by atoms with Crippen molar-refractivity contribution in [2.45, 2.75) is 101 Å². The van der Waals surface area contributed by atoms with E-state index in [1.54, 1.807) is 0 Å². The minimum Gasteiger partial charge on any atom is -0.481 e. The predicted octanol–water partition coefficient (Wildman–Crippen LogP) is 1.91. The number of carboxylic acid groups (broad SMARTS) is 1. The molecule has 0 amide bonds. The van der Waals surface area contributed by atoms with Crippen LogP contribution in [0.4, 0.5) is 0 Å². The molecule has 9 nitrogen and oxygen atoms in total. The second-order valence-electron chi connectivity index (χ2n) is 11.7. The van der Waals surface area contributed by atoms with Crippen LogP contribution in [0.15, 0.2) is 11.1 Å². The van der Waals surface area contributed by atoms with E-state index in [4.69, 9.17) is 28.8 Å². The average Bonchev–Trinajstić information content (AvgIpc) is 3.62. The molecule has 0 radical (unpaired) electrons. The lowest BCUT2D eigenvalue weighted by molar-refractivity contribution is -0.367. The minimum atomic E-state index is -0.932. The summed E-state index contributed by atoms with van der Waals surface area (Å²) in [4.78, 5) is 36.1. The molecule has 2 bridgehead atoms. The van der Waals surface area contributed by atoms with Crippen molar-refractivity contribution >= 4 is 17.9 Å². The van der Waals surface area contributed by atoms with Crippen LogP contribution in [0.1, 0.15) is 59.3 Å². The second kappa shape index (κ2) is 6.23. The number of esters is 2. The first-order valence-corrected chi connectivity index (χ1v) is 12.5. The number of hydrogen-bond donors (Lipinski definition) is 1. The lowest BCUT2D eigenvalue weighted by atomic mass is 9.42. The molecule has 8 aliphatic rings. The van der Waals surface area contributed by atoms with Crippen LogP contribution in [0.3, 0.4) is 0 Å². The van der Waals surface area contributed by atoms with Gasteiger partial charge < -0.3 is 28.8 Å². The van der Waals surface area contributed by atoms with Crippen LogP contribution < -0.4 is 0 Å². The van der Waals surface area contributed by atoms with Gasteiger partial charge >= 0.3 is 17.9 Å². The molecule has 4 saturated heterocycles. The van der Waals surface area contributed by atoms with Crippen molar-refractivity contribution in [2.24, 2.45) is 17.3 Å². The van der Waals surface area contributed by atoms with Crippen molar-refractivity contribution in [3.8, 4) is 0 Å². The molecule has 9 atom stereocenters. The van der Waals surface area contributed by atoms with Crippen LogP contribution in [0.2, 0.25) is 0 Å². The van der Waals surface area contributed by atoms with Crippen molar-refractivity contribution in [1.82, 2.24) is 0 Å². The molecule has 0 aromatic carbocycles. The summed E-state index contributed by atoms with van der Waals surface area (Å²) in [5.74, 6) is -1.45. The maximum absolute atomic E-state index is 12.9. The second-order valence-corrected chi connectivity index (χ2v) is 11.7. The Hall–Kier alpha value is -1.97. The van der Waals surface area contributed by atoms with Crippen LogP contribution in [-0.2, 0) is 38.1 Å². The molecule has 8 rings (SSSR count). The molecule has 2 spiro atoms. The van der Waals surface area contributed by atoms with Crippen LogP contribution in [0, 0.1) is 17.3 Å². The van der Waals surface area contributed by atoms with E-state index in [1.165, 1.54) is 0 Å². The SMILES string of the molecule is CC(C)[C@]12O[C@H]1[C@@H]1O[C@@]13[C@@]1(C)CCC4=C(COC4=O)[C@@H]1C1C[C@@]3(O1)[C@@H]2OC(=O)CCCC(=O)O. The summed E-state index contributed by atoms with van der Waals surface area (Å²) in [5, 5.41) is 8.93. The van der Waals surface area contributed by atoms with Gasteiger partial charge in [0, 0.05) is 36.2 Å². The van der Waals surface area contributed by atoms with Crippen molar-refractivity contribution < 1.29 is 43.2 Å². The fourth-order valence-electron chi connectivity index (χ4n) is 8.63. The Kier molecular flexibility index (Phi) is 3.91. The number of carboxylic acids is 1. The highest BCUT2D eigenvalue weighted by molar-refractivity contribution is 5.92. The minimum absolute atomic E-state index is 0.0341. The Morgan fingerprint density at radius 3 is 2.65 bits per heavy atom. The van der Waals surface area contributed by atoms with Gasteiger partial charge in [0.15, 0.2) is 6.10 Å². The standard InChI is InChI=1S/C25H30O9/c1-11(2)24-18(33-24)19-25(34-19)22(3)8-7-12-13(10-30-20(12)29)17(22)14-9-23(25,32-14)21(24)31-16(28)6-4-5-15(26)27/h11,14,17-19,21H,4-10H2,1-3H3,(H,26,27)/t14?,17-,18+,19+,21+,22+,23-,24+,25-/m1/s1. The normalized spacial score (nSPS) is 50.7. The van der Waals surface area contributed by atoms with Crippen LogP contribution in [0.25, 0.3) is 0 Å². The molecule has 0 aromatic heterocycles. The highest BCUT2D eigenvalue weighted by atomic mass is 16.7. The molecule has 3 aliphatic carbocycles. The maximum atomic E-state index is 12.9. The Balaban J connectivity index is 1.26. The molecular formula is C25H30O9. The van der Waals surface area contributed by atoms with E-state index in [2.05, 4.69) is 20.8 Å². The molecule has 0 aromatic rings. The van der Waals surface area contributed by atoms with Crippen molar-refractivity contribution in [2.75, 3.05) is 6.61 Å². The zero-order valence-electron chi connectivity index (χ0n) is 19.6. The first-order chi connectivity index (χ1) is 16.1. The van der Waals surface area contributed by atoms with Gasteiger partial charge in [-0.15, -0.1) is 0 Å². The number of ether oxygens (including phenoxy) is 5. The molecule has 5 aliphatic heterocycles. The number of cyclic esters (lactones) is 1. The molecular weight excluding hydrogens is 444 g/mol. The number of carbonyl (C=O) groups excluding carboxylic acids is 2. The Morgan fingerprint density at radius 2 is 1.94 bits per heavy atom. The quantitative estimate of drug-likeness (QED) is 0.454. The highest BCUT2D eigenvalue weighted by Crippen LogP contribution is 2.82. The number of epoxide rings is 2.